The number of nitrogens with zero attached hydrogens (tertiary/aromatic N) is 2. The molecule has 1 heterocycles. The number of rotatable bonds is 5. The highest BCUT2D eigenvalue weighted by atomic mass is 16.5. The molecule has 3 rings (SSSR count). The summed E-state index contributed by atoms with van der Waals surface area (Å²) < 4.78 is 11.3. The molecule has 112 valence electrons. The summed E-state index contributed by atoms with van der Waals surface area (Å²) in [6, 6.07) is 17.7. The number of aromatic nitrogens is 2. The van der Waals surface area contributed by atoms with Crippen LogP contribution in [0.3, 0.4) is 0 Å². The topological polar surface area (TPSA) is 48.2 Å². The van der Waals surface area contributed by atoms with Crippen molar-refractivity contribution in [2.45, 2.75) is 26.4 Å². The van der Waals surface area contributed by atoms with Gasteiger partial charge in [-0.3, -0.25) is 0 Å². The van der Waals surface area contributed by atoms with Crippen LogP contribution in [0.5, 0.6) is 5.75 Å². The van der Waals surface area contributed by atoms with Gasteiger partial charge in [-0.2, -0.15) is 4.98 Å². The van der Waals surface area contributed by atoms with Gasteiger partial charge in [0, 0.05) is 5.56 Å². The van der Waals surface area contributed by atoms with E-state index in [1.54, 1.807) is 0 Å². The van der Waals surface area contributed by atoms with Crippen LogP contribution in [-0.2, 0) is 0 Å². The third-order valence-corrected chi connectivity index (χ3v) is 3.42. The van der Waals surface area contributed by atoms with Gasteiger partial charge in [0.1, 0.15) is 5.75 Å². The molecule has 0 aliphatic carbocycles. The summed E-state index contributed by atoms with van der Waals surface area (Å²) in [6.45, 7) is 4.08. The smallest absolute Gasteiger partial charge is 0.268 e. The van der Waals surface area contributed by atoms with E-state index in [0.717, 1.165) is 17.7 Å². The normalized spacial score (nSPS) is 12.1. The van der Waals surface area contributed by atoms with E-state index in [0.29, 0.717) is 11.7 Å². The van der Waals surface area contributed by atoms with Gasteiger partial charge in [-0.15, -0.1) is 0 Å². The average Bonchev–Trinajstić information content (AvgIpc) is 3.04. The van der Waals surface area contributed by atoms with E-state index in [9.17, 15) is 0 Å². The number of aryl methyl sites for hydroxylation is 1. The number of para-hydroxylation sites is 1. The van der Waals surface area contributed by atoms with Crippen molar-refractivity contribution in [1.82, 2.24) is 10.1 Å². The van der Waals surface area contributed by atoms with Gasteiger partial charge in [-0.1, -0.05) is 60.1 Å². The highest BCUT2D eigenvalue weighted by Crippen LogP contribution is 2.25. The molecule has 0 fully saturated rings. The minimum atomic E-state index is -0.242. The number of ether oxygens (including phenoxy) is 1. The first-order chi connectivity index (χ1) is 10.8. The molecule has 0 spiro atoms. The minimum Gasteiger partial charge on any atom is -0.481 e. The molecule has 1 atom stereocenters. The van der Waals surface area contributed by atoms with Gasteiger partial charge in [0.25, 0.3) is 5.89 Å². The van der Waals surface area contributed by atoms with Gasteiger partial charge < -0.3 is 9.26 Å². The monoisotopic (exact) mass is 294 g/mol. The van der Waals surface area contributed by atoms with E-state index in [1.165, 1.54) is 5.56 Å². The second-order valence-corrected chi connectivity index (χ2v) is 5.15. The molecule has 0 bridgehead atoms. The highest BCUT2D eigenvalue weighted by Gasteiger charge is 2.19. The van der Waals surface area contributed by atoms with Gasteiger partial charge >= 0.3 is 0 Å². The van der Waals surface area contributed by atoms with Crippen molar-refractivity contribution in [2.75, 3.05) is 0 Å². The van der Waals surface area contributed by atoms with E-state index >= 15 is 0 Å². The van der Waals surface area contributed by atoms with Crippen LogP contribution >= 0.6 is 0 Å². The Morgan fingerprint density at radius 3 is 2.45 bits per heavy atom. The number of benzene rings is 2. The van der Waals surface area contributed by atoms with E-state index in [-0.39, 0.29) is 6.10 Å². The Balaban J connectivity index is 1.80. The first kappa shape index (κ1) is 14.3. The van der Waals surface area contributed by atoms with Crippen molar-refractivity contribution in [3.8, 4) is 17.1 Å². The second-order valence-electron chi connectivity index (χ2n) is 5.15. The largest absolute Gasteiger partial charge is 0.481 e. The fourth-order valence-electron chi connectivity index (χ4n) is 2.16. The predicted molar refractivity (Wildman–Crippen MR) is 84.6 cm³/mol. The lowest BCUT2D eigenvalue weighted by Crippen LogP contribution is -2.06. The Morgan fingerprint density at radius 1 is 1.05 bits per heavy atom. The van der Waals surface area contributed by atoms with Gasteiger partial charge in [-0.25, -0.2) is 0 Å². The summed E-state index contributed by atoms with van der Waals surface area (Å²) in [5.41, 5.74) is 2.14. The summed E-state index contributed by atoms with van der Waals surface area (Å²) in [7, 11) is 0. The fourth-order valence-corrected chi connectivity index (χ4v) is 2.16. The zero-order valence-electron chi connectivity index (χ0n) is 12.7. The summed E-state index contributed by atoms with van der Waals surface area (Å²) in [6.07, 6.45) is 0.513. The van der Waals surface area contributed by atoms with E-state index in [2.05, 4.69) is 10.1 Å². The van der Waals surface area contributed by atoms with Crippen LogP contribution in [0.4, 0.5) is 0 Å². The first-order valence-corrected chi connectivity index (χ1v) is 7.38. The molecule has 4 heteroatoms. The van der Waals surface area contributed by atoms with Crippen molar-refractivity contribution >= 4 is 0 Å². The highest BCUT2D eigenvalue weighted by molar-refractivity contribution is 5.54. The molecule has 22 heavy (non-hydrogen) atoms. The second kappa shape index (κ2) is 6.43. The molecule has 2 aromatic carbocycles. The van der Waals surface area contributed by atoms with E-state index in [4.69, 9.17) is 9.26 Å². The van der Waals surface area contributed by atoms with Crippen molar-refractivity contribution < 1.29 is 9.26 Å². The molecule has 3 aromatic rings. The summed E-state index contributed by atoms with van der Waals surface area (Å²) >= 11 is 0. The third kappa shape index (κ3) is 3.17. The average molecular weight is 294 g/mol. The zero-order valence-corrected chi connectivity index (χ0v) is 12.7. The summed E-state index contributed by atoms with van der Waals surface area (Å²) in [4.78, 5) is 4.47. The fraction of sp³-hybridized carbons (Fsp3) is 0.222. The lowest BCUT2D eigenvalue weighted by Gasteiger charge is -2.13. The van der Waals surface area contributed by atoms with Crippen LogP contribution in [0.1, 0.15) is 30.9 Å². The molecule has 0 radical (unpaired) electrons. The molecule has 0 saturated carbocycles. The Kier molecular flexibility index (Phi) is 4.19. The molecular formula is C18H18N2O2. The van der Waals surface area contributed by atoms with Crippen molar-refractivity contribution in [1.29, 1.82) is 0 Å². The molecule has 4 nitrogen and oxygen atoms in total. The maximum Gasteiger partial charge on any atom is 0.268 e. The zero-order chi connectivity index (χ0) is 15.4. The minimum absolute atomic E-state index is 0.242. The van der Waals surface area contributed by atoms with E-state index in [1.807, 2.05) is 68.4 Å². The molecule has 0 saturated heterocycles. The van der Waals surface area contributed by atoms with Crippen LogP contribution in [0.2, 0.25) is 0 Å². The Hall–Kier alpha value is -2.62. The summed E-state index contributed by atoms with van der Waals surface area (Å²) in [5, 5.41) is 4.06. The Morgan fingerprint density at radius 2 is 1.77 bits per heavy atom. The molecular weight excluding hydrogens is 276 g/mol. The standard InChI is InChI=1S/C18H18N2O2/c1-3-16(21-15-7-5-4-6-8-15)18-19-17(20-22-18)14-11-9-13(2)10-12-14/h4-12,16H,3H2,1-2H3/t16-/m0/s1. The number of hydrogen-bond acceptors (Lipinski definition) is 4. The Labute approximate surface area is 129 Å². The van der Waals surface area contributed by atoms with Crippen molar-refractivity contribution in [3.05, 3.63) is 66.1 Å². The molecule has 0 amide bonds. The quantitative estimate of drug-likeness (QED) is 0.691. The van der Waals surface area contributed by atoms with Crippen molar-refractivity contribution in [3.63, 3.8) is 0 Å². The first-order valence-electron chi connectivity index (χ1n) is 7.38. The van der Waals surface area contributed by atoms with Gasteiger partial charge in [-0.05, 0) is 25.5 Å². The van der Waals surface area contributed by atoms with E-state index < -0.39 is 0 Å². The van der Waals surface area contributed by atoms with Crippen molar-refractivity contribution in [2.24, 2.45) is 0 Å². The maximum absolute atomic E-state index is 5.92. The molecule has 0 aliphatic heterocycles. The van der Waals surface area contributed by atoms with Crippen LogP contribution in [0, 0.1) is 6.92 Å². The molecule has 0 unspecified atom stereocenters. The summed E-state index contributed by atoms with van der Waals surface area (Å²) in [5.74, 6) is 1.89. The predicted octanol–water partition coefficient (Wildman–Crippen LogP) is 4.58. The van der Waals surface area contributed by atoms with Crippen LogP contribution in [0.15, 0.2) is 59.1 Å². The van der Waals surface area contributed by atoms with Gasteiger partial charge in [0.15, 0.2) is 6.10 Å². The van der Waals surface area contributed by atoms with Crippen LogP contribution in [0.25, 0.3) is 11.4 Å². The Bertz CT molecular complexity index is 720. The number of hydrogen-bond donors (Lipinski definition) is 0. The molecule has 0 N–H and O–H groups in total. The van der Waals surface area contributed by atoms with Gasteiger partial charge in [0.05, 0.1) is 0 Å². The molecule has 1 aromatic heterocycles. The van der Waals surface area contributed by atoms with Crippen LogP contribution in [-0.4, -0.2) is 10.1 Å². The third-order valence-electron chi connectivity index (χ3n) is 3.42. The lowest BCUT2D eigenvalue weighted by molar-refractivity contribution is 0.154. The van der Waals surface area contributed by atoms with Gasteiger partial charge in [0.2, 0.25) is 5.82 Å². The maximum atomic E-state index is 5.92. The molecule has 0 aliphatic rings. The SMILES string of the molecule is CC[C@H](Oc1ccccc1)c1nc(-c2ccc(C)cc2)no1. The van der Waals surface area contributed by atoms with Crippen LogP contribution < -0.4 is 4.74 Å². The lowest BCUT2D eigenvalue weighted by atomic mass is 10.1.